The van der Waals surface area contributed by atoms with Crippen LogP contribution in [-0.4, -0.2) is 37.1 Å². The molecule has 1 amide bonds. The molecular formula is C13H18N2O3. The SMILES string of the molecule is C[C@H](N)C(=O)N(C)Cc1cccc2c1OCCO2. The molecular weight excluding hydrogens is 232 g/mol. The summed E-state index contributed by atoms with van der Waals surface area (Å²) in [6.07, 6.45) is 0. The molecule has 1 aliphatic rings. The van der Waals surface area contributed by atoms with Crippen molar-refractivity contribution >= 4 is 5.91 Å². The molecule has 1 aromatic rings. The van der Waals surface area contributed by atoms with Gasteiger partial charge in [-0.05, 0) is 13.0 Å². The number of nitrogens with zero attached hydrogens (tertiary/aromatic N) is 1. The van der Waals surface area contributed by atoms with Crippen molar-refractivity contribution in [3.8, 4) is 11.5 Å². The second-order valence-electron chi connectivity index (χ2n) is 4.42. The maximum Gasteiger partial charge on any atom is 0.239 e. The highest BCUT2D eigenvalue weighted by molar-refractivity contribution is 5.81. The zero-order valence-corrected chi connectivity index (χ0v) is 10.7. The summed E-state index contributed by atoms with van der Waals surface area (Å²) in [5.41, 5.74) is 6.52. The Hall–Kier alpha value is -1.75. The van der Waals surface area contributed by atoms with Crippen molar-refractivity contribution in [2.24, 2.45) is 5.73 Å². The number of benzene rings is 1. The third-order valence-corrected chi connectivity index (χ3v) is 2.82. The molecule has 5 heteroatoms. The molecule has 98 valence electrons. The number of likely N-dealkylation sites (N-methyl/N-ethyl adjacent to an activating group) is 1. The Kier molecular flexibility index (Phi) is 3.72. The summed E-state index contributed by atoms with van der Waals surface area (Å²) in [4.78, 5) is 13.3. The molecule has 1 aliphatic heterocycles. The zero-order valence-electron chi connectivity index (χ0n) is 10.7. The van der Waals surface area contributed by atoms with Gasteiger partial charge in [0.1, 0.15) is 13.2 Å². The van der Waals surface area contributed by atoms with Gasteiger partial charge in [-0.2, -0.15) is 0 Å². The second-order valence-corrected chi connectivity index (χ2v) is 4.42. The van der Waals surface area contributed by atoms with E-state index in [1.165, 1.54) is 0 Å². The predicted octanol–water partition coefficient (Wildman–Crippen LogP) is 0.763. The fraction of sp³-hybridized carbons (Fsp3) is 0.462. The van der Waals surface area contributed by atoms with Crippen molar-refractivity contribution in [2.75, 3.05) is 20.3 Å². The van der Waals surface area contributed by atoms with Gasteiger partial charge < -0.3 is 20.1 Å². The summed E-state index contributed by atoms with van der Waals surface area (Å²) in [5, 5.41) is 0. The first-order chi connectivity index (χ1) is 8.59. The lowest BCUT2D eigenvalue weighted by Gasteiger charge is -2.24. The van der Waals surface area contributed by atoms with Gasteiger partial charge in [-0.25, -0.2) is 0 Å². The Balaban J connectivity index is 2.17. The minimum atomic E-state index is -0.494. The third kappa shape index (κ3) is 2.56. The van der Waals surface area contributed by atoms with Crippen molar-refractivity contribution < 1.29 is 14.3 Å². The van der Waals surface area contributed by atoms with E-state index < -0.39 is 6.04 Å². The average molecular weight is 250 g/mol. The molecule has 0 fully saturated rings. The first-order valence-electron chi connectivity index (χ1n) is 5.97. The highest BCUT2D eigenvalue weighted by atomic mass is 16.6. The van der Waals surface area contributed by atoms with Crippen molar-refractivity contribution in [3.05, 3.63) is 23.8 Å². The molecule has 1 heterocycles. The van der Waals surface area contributed by atoms with Crippen LogP contribution in [0.5, 0.6) is 11.5 Å². The molecule has 2 rings (SSSR count). The maximum atomic E-state index is 11.7. The van der Waals surface area contributed by atoms with Gasteiger partial charge in [-0.3, -0.25) is 4.79 Å². The fourth-order valence-electron chi connectivity index (χ4n) is 1.94. The molecule has 0 saturated carbocycles. The summed E-state index contributed by atoms with van der Waals surface area (Å²) in [5.74, 6) is 1.37. The van der Waals surface area contributed by atoms with Crippen molar-refractivity contribution in [1.29, 1.82) is 0 Å². The number of hydrogen-bond acceptors (Lipinski definition) is 4. The first-order valence-corrected chi connectivity index (χ1v) is 5.97. The molecule has 0 saturated heterocycles. The van der Waals surface area contributed by atoms with E-state index in [4.69, 9.17) is 15.2 Å². The van der Waals surface area contributed by atoms with Gasteiger partial charge in [0.15, 0.2) is 11.5 Å². The highest BCUT2D eigenvalue weighted by Crippen LogP contribution is 2.34. The molecule has 2 N–H and O–H groups in total. The summed E-state index contributed by atoms with van der Waals surface area (Å²) in [7, 11) is 1.73. The van der Waals surface area contributed by atoms with Crippen LogP contribution in [0, 0.1) is 0 Å². The number of carbonyl (C=O) groups excluding carboxylic acids is 1. The lowest BCUT2D eigenvalue weighted by Crippen LogP contribution is -2.39. The minimum Gasteiger partial charge on any atom is -0.486 e. The van der Waals surface area contributed by atoms with E-state index in [9.17, 15) is 4.79 Å². The van der Waals surface area contributed by atoms with Crippen LogP contribution in [-0.2, 0) is 11.3 Å². The largest absolute Gasteiger partial charge is 0.486 e. The van der Waals surface area contributed by atoms with E-state index in [1.54, 1.807) is 18.9 Å². The lowest BCUT2D eigenvalue weighted by atomic mass is 10.1. The highest BCUT2D eigenvalue weighted by Gasteiger charge is 2.19. The van der Waals surface area contributed by atoms with E-state index in [0.717, 1.165) is 17.1 Å². The van der Waals surface area contributed by atoms with Gasteiger partial charge in [0, 0.05) is 19.2 Å². The molecule has 1 aromatic carbocycles. The summed E-state index contributed by atoms with van der Waals surface area (Å²) in [6, 6.07) is 5.20. The summed E-state index contributed by atoms with van der Waals surface area (Å²) < 4.78 is 11.1. The van der Waals surface area contributed by atoms with Crippen LogP contribution in [0.3, 0.4) is 0 Å². The van der Waals surface area contributed by atoms with E-state index >= 15 is 0 Å². The predicted molar refractivity (Wildman–Crippen MR) is 67.6 cm³/mol. The Morgan fingerprint density at radius 3 is 2.89 bits per heavy atom. The van der Waals surface area contributed by atoms with Gasteiger partial charge in [0.05, 0.1) is 6.04 Å². The normalized spacial score (nSPS) is 15.1. The van der Waals surface area contributed by atoms with Crippen LogP contribution in [0.25, 0.3) is 0 Å². The van der Waals surface area contributed by atoms with Gasteiger partial charge in [-0.15, -0.1) is 0 Å². The summed E-state index contributed by atoms with van der Waals surface area (Å²) >= 11 is 0. The Morgan fingerprint density at radius 1 is 1.44 bits per heavy atom. The lowest BCUT2D eigenvalue weighted by molar-refractivity contribution is -0.131. The molecule has 18 heavy (non-hydrogen) atoms. The Morgan fingerprint density at radius 2 is 2.17 bits per heavy atom. The van der Waals surface area contributed by atoms with Crippen LogP contribution < -0.4 is 15.2 Å². The molecule has 0 spiro atoms. The quantitative estimate of drug-likeness (QED) is 0.860. The third-order valence-electron chi connectivity index (χ3n) is 2.82. The van der Waals surface area contributed by atoms with E-state index in [2.05, 4.69) is 0 Å². The number of rotatable bonds is 3. The fourth-order valence-corrected chi connectivity index (χ4v) is 1.94. The number of carbonyl (C=O) groups is 1. The number of fused-ring (bicyclic) bond motifs is 1. The average Bonchev–Trinajstić information content (AvgIpc) is 2.38. The number of nitrogens with two attached hydrogens (primary N) is 1. The molecule has 0 aliphatic carbocycles. The minimum absolute atomic E-state index is 0.0932. The number of hydrogen-bond donors (Lipinski definition) is 1. The van der Waals surface area contributed by atoms with Gasteiger partial charge >= 0.3 is 0 Å². The monoisotopic (exact) mass is 250 g/mol. The number of amides is 1. The van der Waals surface area contributed by atoms with Crippen LogP contribution >= 0.6 is 0 Å². The van der Waals surface area contributed by atoms with Crippen LogP contribution in [0.1, 0.15) is 12.5 Å². The second kappa shape index (κ2) is 5.27. The van der Waals surface area contributed by atoms with Gasteiger partial charge in [0.2, 0.25) is 5.91 Å². The van der Waals surface area contributed by atoms with Crippen LogP contribution in [0.15, 0.2) is 18.2 Å². The van der Waals surface area contributed by atoms with Crippen molar-refractivity contribution in [3.63, 3.8) is 0 Å². The molecule has 0 radical (unpaired) electrons. The summed E-state index contributed by atoms with van der Waals surface area (Å²) in [6.45, 7) is 3.24. The molecule has 0 unspecified atom stereocenters. The number of para-hydroxylation sites is 1. The smallest absolute Gasteiger partial charge is 0.239 e. The van der Waals surface area contributed by atoms with Crippen LogP contribution in [0.2, 0.25) is 0 Å². The van der Waals surface area contributed by atoms with Crippen LogP contribution in [0.4, 0.5) is 0 Å². The molecule has 1 atom stereocenters. The van der Waals surface area contributed by atoms with Gasteiger partial charge in [-0.1, -0.05) is 12.1 Å². The molecule has 0 aromatic heterocycles. The van der Waals surface area contributed by atoms with Crippen molar-refractivity contribution in [1.82, 2.24) is 4.90 Å². The standard InChI is InChI=1S/C13H18N2O3/c1-9(14)13(16)15(2)8-10-4-3-5-11-12(10)18-7-6-17-11/h3-5,9H,6-8,14H2,1-2H3/t9-/m0/s1. The molecule has 5 nitrogen and oxygen atoms in total. The first kappa shape index (κ1) is 12.7. The zero-order chi connectivity index (χ0) is 13.1. The Bertz CT molecular complexity index is 446. The van der Waals surface area contributed by atoms with E-state index in [-0.39, 0.29) is 5.91 Å². The molecule has 0 bridgehead atoms. The Labute approximate surface area is 106 Å². The maximum absolute atomic E-state index is 11.7. The number of ether oxygens (including phenoxy) is 2. The topological polar surface area (TPSA) is 64.8 Å². The van der Waals surface area contributed by atoms with Crippen molar-refractivity contribution in [2.45, 2.75) is 19.5 Å². The van der Waals surface area contributed by atoms with Gasteiger partial charge in [0.25, 0.3) is 0 Å². The van der Waals surface area contributed by atoms with E-state index in [1.807, 2.05) is 18.2 Å². The van der Waals surface area contributed by atoms with E-state index in [0.29, 0.717) is 19.8 Å².